The van der Waals surface area contributed by atoms with Crippen molar-refractivity contribution in [3.63, 3.8) is 0 Å². The summed E-state index contributed by atoms with van der Waals surface area (Å²) in [6.07, 6.45) is 4.76. The van der Waals surface area contributed by atoms with Gasteiger partial charge in [0.05, 0.1) is 11.8 Å². The van der Waals surface area contributed by atoms with Gasteiger partial charge in [0.2, 0.25) is 0 Å². The molecule has 20 heavy (non-hydrogen) atoms. The molecular formula is C15H12FN3O. The molecule has 0 aromatic carbocycles. The minimum atomic E-state index is -0.438. The Balaban J connectivity index is 1.86. The largest absolute Gasteiger partial charge is 0.323 e. The van der Waals surface area contributed by atoms with Crippen molar-refractivity contribution in [2.75, 3.05) is 5.32 Å². The average molecular weight is 269 g/mol. The number of pyridine rings is 2. The van der Waals surface area contributed by atoms with Crippen molar-refractivity contribution in [3.8, 4) is 0 Å². The first-order chi connectivity index (χ1) is 9.61. The van der Waals surface area contributed by atoms with E-state index in [9.17, 15) is 9.18 Å². The van der Waals surface area contributed by atoms with Crippen LogP contribution in [0.4, 0.5) is 10.2 Å². The smallest absolute Gasteiger partial charge is 0.258 e. The standard InChI is InChI=1S/C15H12FN3O/c1-10-6-13-4-2-11(9-19(13)8-10)15(20)18-14-5-3-12(16)7-17-14/h2-9H,1H3,(H,17,18,20). The Morgan fingerprint density at radius 1 is 1.25 bits per heavy atom. The van der Waals surface area contributed by atoms with Crippen LogP contribution < -0.4 is 5.32 Å². The molecule has 0 aliphatic heterocycles. The molecule has 3 aromatic rings. The van der Waals surface area contributed by atoms with Crippen LogP contribution in [0.1, 0.15) is 15.9 Å². The molecule has 0 aliphatic rings. The lowest BCUT2D eigenvalue weighted by Gasteiger charge is -2.05. The molecule has 0 atom stereocenters. The van der Waals surface area contributed by atoms with E-state index in [0.717, 1.165) is 17.3 Å². The molecular weight excluding hydrogens is 257 g/mol. The molecule has 0 fully saturated rings. The van der Waals surface area contributed by atoms with E-state index in [1.54, 1.807) is 12.3 Å². The fraction of sp³-hybridized carbons (Fsp3) is 0.0667. The number of hydrogen-bond acceptors (Lipinski definition) is 2. The molecule has 3 rings (SSSR count). The molecule has 100 valence electrons. The summed E-state index contributed by atoms with van der Waals surface area (Å²) in [4.78, 5) is 15.9. The molecule has 0 aliphatic carbocycles. The fourth-order valence-corrected chi connectivity index (χ4v) is 2.03. The van der Waals surface area contributed by atoms with Gasteiger partial charge in [-0.1, -0.05) is 0 Å². The van der Waals surface area contributed by atoms with Crippen molar-refractivity contribution < 1.29 is 9.18 Å². The Kier molecular flexibility index (Phi) is 2.95. The van der Waals surface area contributed by atoms with Crippen molar-refractivity contribution in [3.05, 3.63) is 65.9 Å². The van der Waals surface area contributed by atoms with Crippen molar-refractivity contribution in [1.82, 2.24) is 9.38 Å². The van der Waals surface area contributed by atoms with Crippen molar-refractivity contribution in [2.24, 2.45) is 0 Å². The van der Waals surface area contributed by atoms with Gasteiger partial charge in [-0.3, -0.25) is 4.79 Å². The number of hydrogen-bond donors (Lipinski definition) is 1. The van der Waals surface area contributed by atoms with E-state index >= 15 is 0 Å². The molecule has 0 saturated carbocycles. The van der Waals surface area contributed by atoms with E-state index in [1.165, 1.54) is 12.1 Å². The fourth-order valence-electron chi connectivity index (χ4n) is 2.03. The van der Waals surface area contributed by atoms with Gasteiger partial charge in [-0.2, -0.15) is 0 Å². The number of aryl methyl sites for hydroxylation is 1. The van der Waals surface area contributed by atoms with Gasteiger partial charge < -0.3 is 9.72 Å². The number of nitrogens with one attached hydrogen (secondary N) is 1. The summed E-state index contributed by atoms with van der Waals surface area (Å²) in [5, 5.41) is 2.63. The van der Waals surface area contributed by atoms with Crippen LogP contribution in [0.5, 0.6) is 0 Å². The maximum atomic E-state index is 12.7. The Bertz CT molecular complexity index is 777. The van der Waals surface area contributed by atoms with Gasteiger partial charge in [0.15, 0.2) is 0 Å². The van der Waals surface area contributed by atoms with Gasteiger partial charge in [-0.15, -0.1) is 0 Å². The van der Waals surface area contributed by atoms with Crippen LogP contribution in [0, 0.1) is 12.7 Å². The highest BCUT2D eigenvalue weighted by molar-refractivity contribution is 6.03. The molecule has 1 N–H and O–H groups in total. The molecule has 4 nitrogen and oxygen atoms in total. The van der Waals surface area contributed by atoms with E-state index in [2.05, 4.69) is 10.3 Å². The van der Waals surface area contributed by atoms with E-state index < -0.39 is 5.82 Å². The molecule has 0 unspecified atom stereocenters. The number of fused-ring (bicyclic) bond motifs is 1. The number of carbonyl (C=O) groups is 1. The van der Waals surface area contributed by atoms with Crippen LogP contribution >= 0.6 is 0 Å². The average Bonchev–Trinajstić information content (AvgIpc) is 2.80. The minimum Gasteiger partial charge on any atom is -0.323 e. The molecule has 3 heterocycles. The summed E-state index contributed by atoms with van der Waals surface area (Å²) < 4.78 is 14.6. The van der Waals surface area contributed by atoms with Crippen LogP contribution in [-0.4, -0.2) is 15.3 Å². The number of carbonyl (C=O) groups excluding carboxylic acids is 1. The Labute approximate surface area is 114 Å². The number of halogens is 1. The molecule has 0 saturated heterocycles. The predicted molar refractivity (Wildman–Crippen MR) is 74.3 cm³/mol. The zero-order valence-corrected chi connectivity index (χ0v) is 10.8. The zero-order chi connectivity index (χ0) is 14.1. The first-order valence-electron chi connectivity index (χ1n) is 6.13. The maximum absolute atomic E-state index is 12.7. The van der Waals surface area contributed by atoms with Crippen LogP contribution in [0.2, 0.25) is 0 Å². The highest BCUT2D eigenvalue weighted by Crippen LogP contribution is 2.12. The molecule has 5 heteroatoms. The highest BCUT2D eigenvalue weighted by Gasteiger charge is 2.08. The molecule has 0 bridgehead atoms. The predicted octanol–water partition coefficient (Wildman–Crippen LogP) is 3.03. The van der Waals surface area contributed by atoms with Crippen molar-refractivity contribution >= 4 is 17.2 Å². The van der Waals surface area contributed by atoms with Gasteiger partial charge >= 0.3 is 0 Å². The highest BCUT2D eigenvalue weighted by atomic mass is 19.1. The quantitative estimate of drug-likeness (QED) is 0.777. The second kappa shape index (κ2) is 4.77. The zero-order valence-electron chi connectivity index (χ0n) is 10.8. The molecule has 1 amide bonds. The third kappa shape index (κ3) is 2.38. The van der Waals surface area contributed by atoms with Gasteiger partial charge in [0.1, 0.15) is 11.6 Å². The Hall–Kier alpha value is -2.69. The lowest BCUT2D eigenvalue weighted by molar-refractivity contribution is 0.102. The summed E-state index contributed by atoms with van der Waals surface area (Å²) in [6.45, 7) is 2.00. The first kappa shape index (κ1) is 12.3. The van der Waals surface area contributed by atoms with Crippen LogP contribution in [0.15, 0.2) is 48.9 Å². The van der Waals surface area contributed by atoms with Crippen LogP contribution in [0.3, 0.4) is 0 Å². The van der Waals surface area contributed by atoms with Gasteiger partial charge in [-0.05, 0) is 42.8 Å². The summed E-state index contributed by atoms with van der Waals surface area (Å²) in [5.74, 6) is -0.398. The van der Waals surface area contributed by atoms with Crippen molar-refractivity contribution in [2.45, 2.75) is 6.92 Å². The number of rotatable bonds is 2. The third-order valence-corrected chi connectivity index (χ3v) is 2.96. The van der Waals surface area contributed by atoms with Crippen molar-refractivity contribution in [1.29, 1.82) is 0 Å². The number of amides is 1. The molecule has 3 aromatic heterocycles. The van der Waals surface area contributed by atoms with E-state index in [1.807, 2.05) is 29.7 Å². The number of nitrogens with zero attached hydrogens (tertiary/aromatic N) is 2. The summed E-state index contributed by atoms with van der Waals surface area (Å²) >= 11 is 0. The van der Waals surface area contributed by atoms with Crippen LogP contribution in [0.25, 0.3) is 5.52 Å². The lowest BCUT2D eigenvalue weighted by atomic mass is 10.2. The Morgan fingerprint density at radius 2 is 2.10 bits per heavy atom. The van der Waals surface area contributed by atoms with Gasteiger partial charge in [0, 0.05) is 17.9 Å². The topological polar surface area (TPSA) is 46.4 Å². The second-order valence-corrected chi connectivity index (χ2v) is 4.58. The maximum Gasteiger partial charge on any atom is 0.258 e. The second-order valence-electron chi connectivity index (χ2n) is 4.58. The number of aromatic nitrogens is 2. The summed E-state index contributed by atoms with van der Waals surface area (Å²) in [5.41, 5.74) is 2.67. The minimum absolute atomic E-state index is 0.280. The normalized spacial score (nSPS) is 10.7. The SMILES string of the molecule is Cc1cc2ccc(C(=O)Nc3ccc(F)cn3)cn2c1. The van der Waals surface area contributed by atoms with E-state index in [4.69, 9.17) is 0 Å². The molecule has 0 radical (unpaired) electrons. The monoisotopic (exact) mass is 269 g/mol. The van der Waals surface area contributed by atoms with Gasteiger partial charge in [0.25, 0.3) is 5.91 Å². The van der Waals surface area contributed by atoms with E-state index in [0.29, 0.717) is 11.4 Å². The number of anilines is 1. The third-order valence-electron chi connectivity index (χ3n) is 2.96. The lowest BCUT2D eigenvalue weighted by Crippen LogP contribution is -2.13. The van der Waals surface area contributed by atoms with Crippen LogP contribution in [-0.2, 0) is 0 Å². The molecule has 0 spiro atoms. The summed E-state index contributed by atoms with van der Waals surface area (Å²) in [7, 11) is 0. The van der Waals surface area contributed by atoms with Gasteiger partial charge in [-0.25, -0.2) is 9.37 Å². The summed E-state index contributed by atoms with van der Waals surface area (Å²) in [6, 6.07) is 8.32. The Morgan fingerprint density at radius 3 is 2.85 bits per heavy atom. The van der Waals surface area contributed by atoms with E-state index in [-0.39, 0.29) is 5.91 Å². The first-order valence-corrected chi connectivity index (χ1v) is 6.13.